The summed E-state index contributed by atoms with van der Waals surface area (Å²) < 4.78 is 7.31. The van der Waals surface area contributed by atoms with Crippen LogP contribution in [-0.4, -0.2) is 31.2 Å². The molecule has 0 aliphatic carbocycles. The summed E-state index contributed by atoms with van der Waals surface area (Å²) in [5.74, 6) is 1.60. The second-order valence-electron chi connectivity index (χ2n) is 5.61. The van der Waals surface area contributed by atoms with E-state index in [1.165, 1.54) is 0 Å². The molecule has 4 rings (SSSR count). The Morgan fingerprint density at radius 1 is 1.39 bits per heavy atom. The fourth-order valence-corrected chi connectivity index (χ4v) is 2.78. The molecule has 3 aromatic heterocycles. The molecule has 1 aliphatic rings. The van der Waals surface area contributed by atoms with Crippen molar-refractivity contribution in [1.29, 1.82) is 0 Å². The summed E-state index contributed by atoms with van der Waals surface area (Å²) in [6.07, 6.45) is 8.34. The number of aryl methyl sites for hydroxylation is 1. The molecule has 0 aromatic carbocycles. The van der Waals surface area contributed by atoms with Crippen LogP contribution in [-0.2, 0) is 7.05 Å². The number of imidazole rings is 1. The van der Waals surface area contributed by atoms with Crippen molar-refractivity contribution in [1.82, 2.24) is 24.6 Å². The van der Waals surface area contributed by atoms with Gasteiger partial charge in [0.25, 0.3) is 0 Å². The third-order valence-electron chi connectivity index (χ3n) is 3.82. The van der Waals surface area contributed by atoms with Gasteiger partial charge in [-0.2, -0.15) is 5.10 Å². The lowest BCUT2D eigenvalue weighted by Gasteiger charge is -2.26. The summed E-state index contributed by atoms with van der Waals surface area (Å²) in [4.78, 5) is 14.9. The van der Waals surface area contributed by atoms with Crippen molar-refractivity contribution in [2.75, 3.05) is 6.54 Å². The average Bonchev–Trinajstić information content (AvgIpc) is 3.26. The Morgan fingerprint density at radius 2 is 2.30 bits per heavy atom. The van der Waals surface area contributed by atoms with Crippen LogP contribution in [0.2, 0.25) is 0 Å². The van der Waals surface area contributed by atoms with Gasteiger partial charge in [0.2, 0.25) is 0 Å². The average molecular weight is 310 g/mol. The molecule has 7 heteroatoms. The molecule has 23 heavy (non-hydrogen) atoms. The first-order chi connectivity index (χ1) is 11.2. The zero-order valence-corrected chi connectivity index (χ0v) is 13.1. The van der Waals surface area contributed by atoms with E-state index in [-0.39, 0.29) is 6.17 Å². The number of furan rings is 1. The second-order valence-corrected chi connectivity index (χ2v) is 5.61. The van der Waals surface area contributed by atoms with E-state index in [2.05, 4.69) is 33.1 Å². The first kappa shape index (κ1) is 13.8. The highest BCUT2D eigenvalue weighted by atomic mass is 16.3. The van der Waals surface area contributed by atoms with Crippen molar-refractivity contribution in [2.24, 2.45) is 12.0 Å². The standard InChI is InChI=1S/C16H18N6O/c1-3-6-22-10-12-15(20-16(22)13-5-4-7-23-13)19-14(18-12)11-8-17-21(2)9-11/h4-5,7-10,16H,3,6H2,1-2H3,(H,18,19,20). The first-order valence-corrected chi connectivity index (χ1v) is 7.68. The lowest BCUT2D eigenvalue weighted by Crippen LogP contribution is -2.38. The Labute approximate surface area is 133 Å². The number of H-pyrrole nitrogens is 1. The molecule has 0 amide bonds. The Hall–Kier alpha value is -2.83. The van der Waals surface area contributed by atoms with Crippen molar-refractivity contribution < 1.29 is 4.42 Å². The summed E-state index contributed by atoms with van der Waals surface area (Å²) in [5.41, 5.74) is 1.65. The first-order valence-electron chi connectivity index (χ1n) is 7.68. The number of hydrogen-bond donors (Lipinski definition) is 1. The molecule has 0 fully saturated rings. The minimum atomic E-state index is -0.164. The molecule has 3 aromatic rings. The summed E-state index contributed by atoms with van der Waals surface area (Å²) in [7, 11) is 1.89. The summed E-state index contributed by atoms with van der Waals surface area (Å²) >= 11 is 0. The van der Waals surface area contributed by atoms with Gasteiger partial charge in [-0.25, -0.2) is 9.98 Å². The number of aromatic amines is 1. The summed E-state index contributed by atoms with van der Waals surface area (Å²) in [5, 5.41) is 5.11. The van der Waals surface area contributed by atoms with Gasteiger partial charge in [0.05, 0.1) is 18.0 Å². The number of fused-ring (bicyclic) bond motifs is 1. The van der Waals surface area contributed by atoms with Crippen molar-refractivity contribution in [3.8, 4) is 11.4 Å². The summed E-state index contributed by atoms with van der Waals surface area (Å²) in [6.45, 7) is 3.05. The van der Waals surface area contributed by atoms with Gasteiger partial charge < -0.3 is 14.3 Å². The van der Waals surface area contributed by atoms with Crippen LogP contribution < -0.4 is 10.8 Å². The van der Waals surface area contributed by atoms with Crippen LogP contribution in [0.4, 0.5) is 0 Å². The van der Waals surface area contributed by atoms with Crippen LogP contribution in [0.3, 0.4) is 0 Å². The smallest absolute Gasteiger partial charge is 0.182 e. The maximum atomic E-state index is 5.55. The van der Waals surface area contributed by atoms with Crippen LogP contribution in [0.5, 0.6) is 0 Å². The molecule has 1 unspecified atom stereocenters. The molecule has 0 spiro atoms. The predicted molar refractivity (Wildman–Crippen MR) is 84.5 cm³/mol. The highest BCUT2D eigenvalue weighted by Crippen LogP contribution is 2.24. The molecule has 1 aliphatic heterocycles. The highest BCUT2D eigenvalue weighted by Gasteiger charge is 2.23. The Kier molecular flexibility index (Phi) is 3.25. The molecule has 0 bridgehead atoms. The van der Waals surface area contributed by atoms with Gasteiger partial charge >= 0.3 is 0 Å². The van der Waals surface area contributed by atoms with Gasteiger partial charge in [-0.3, -0.25) is 4.68 Å². The van der Waals surface area contributed by atoms with Gasteiger partial charge in [0.1, 0.15) is 16.9 Å². The number of rotatable bonds is 4. The van der Waals surface area contributed by atoms with E-state index in [1.54, 1.807) is 17.1 Å². The van der Waals surface area contributed by atoms with E-state index >= 15 is 0 Å². The Balaban J connectivity index is 1.81. The lowest BCUT2D eigenvalue weighted by molar-refractivity contribution is 0.265. The number of aromatic nitrogens is 4. The van der Waals surface area contributed by atoms with E-state index in [0.29, 0.717) is 5.49 Å². The van der Waals surface area contributed by atoms with Gasteiger partial charge in [0, 0.05) is 26.0 Å². The maximum Gasteiger partial charge on any atom is 0.182 e. The fraction of sp³-hybridized carbons (Fsp3) is 0.312. The topological polar surface area (TPSA) is 75.2 Å². The van der Waals surface area contributed by atoms with E-state index in [9.17, 15) is 0 Å². The van der Waals surface area contributed by atoms with Crippen molar-refractivity contribution in [3.05, 3.63) is 47.4 Å². The van der Waals surface area contributed by atoms with Crippen molar-refractivity contribution in [2.45, 2.75) is 19.5 Å². The van der Waals surface area contributed by atoms with Crippen LogP contribution in [0, 0.1) is 0 Å². The number of hydrogen-bond acceptors (Lipinski definition) is 5. The van der Waals surface area contributed by atoms with Crippen LogP contribution in [0.15, 0.2) is 40.2 Å². The SMILES string of the molecule is CCCN1C=c2[nH]c(-c3cnn(C)c3)nc2=NC1c1ccco1. The Morgan fingerprint density at radius 3 is 3.00 bits per heavy atom. The quantitative estimate of drug-likeness (QED) is 0.785. The van der Waals surface area contributed by atoms with Crippen LogP contribution in [0.25, 0.3) is 17.6 Å². The maximum absolute atomic E-state index is 5.55. The molecule has 1 N–H and O–H groups in total. The minimum absolute atomic E-state index is 0.164. The van der Waals surface area contributed by atoms with Crippen molar-refractivity contribution >= 4 is 6.20 Å². The van der Waals surface area contributed by atoms with Gasteiger partial charge in [-0.1, -0.05) is 6.92 Å². The monoisotopic (exact) mass is 310 g/mol. The van der Waals surface area contributed by atoms with E-state index in [0.717, 1.165) is 35.5 Å². The minimum Gasteiger partial charge on any atom is -0.465 e. The number of nitrogens with zero attached hydrogens (tertiary/aromatic N) is 5. The molecule has 4 heterocycles. The van der Waals surface area contributed by atoms with Gasteiger partial charge in [-0.05, 0) is 18.6 Å². The third kappa shape index (κ3) is 2.44. The van der Waals surface area contributed by atoms with Gasteiger partial charge in [0.15, 0.2) is 11.7 Å². The third-order valence-corrected chi connectivity index (χ3v) is 3.82. The van der Waals surface area contributed by atoms with Crippen LogP contribution in [0.1, 0.15) is 25.3 Å². The highest BCUT2D eigenvalue weighted by molar-refractivity contribution is 5.52. The van der Waals surface area contributed by atoms with E-state index in [4.69, 9.17) is 9.41 Å². The van der Waals surface area contributed by atoms with Crippen molar-refractivity contribution in [3.63, 3.8) is 0 Å². The molecule has 118 valence electrons. The zero-order valence-electron chi connectivity index (χ0n) is 13.1. The van der Waals surface area contributed by atoms with Gasteiger partial charge in [-0.15, -0.1) is 0 Å². The summed E-state index contributed by atoms with van der Waals surface area (Å²) in [6, 6.07) is 3.83. The van der Waals surface area contributed by atoms with Crippen LogP contribution >= 0.6 is 0 Å². The fourth-order valence-electron chi connectivity index (χ4n) is 2.78. The molecule has 1 atom stereocenters. The zero-order chi connectivity index (χ0) is 15.8. The predicted octanol–water partition coefficient (Wildman–Crippen LogP) is 1.19. The molecular formula is C16H18N6O. The van der Waals surface area contributed by atoms with E-state index < -0.39 is 0 Å². The molecule has 0 saturated carbocycles. The second kappa shape index (κ2) is 5.42. The molecular weight excluding hydrogens is 292 g/mol. The lowest BCUT2D eigenvalue weighted by atomic mass is 10.3. The number of nitrogens with one attached hydrogen (secondary N) is 1. The molecule has 7 nitrogen and oxygen atoms in total. The van der Waals surface area contributed by atoms with E-state index in [1.807, 2.05) is 25.4 Å². The molecule has 0 saturated heterocycles. The molecule has 0 radical (unpaired) electrons. The Bertz CT molecular complexity index is 920. The largest absolute Gasteiger partial charge is 0.465 e. The normalized spacial score (nSPS) is 16.8.